The van der Waals surface area contributed by atoms with Gasteiger partial charge in [-0.1, -0.05) is 0 Å². The Kier molecular flexibility index (Phi) is 5.93. The fraction of sp³-hybridized carbons (Fsp3) is 0.385. The summed E-state index contributed by atoms with van der Waals surface area (Å²) in [5.74, 6) is -0.881. The smallest absolute Gasteiger partial charge is 0.446 e. The van der Waals surface area contributed by atoms with Gasteiger partial charge >= 0.3 is 17.7 Å². The third-order valence-corrected chi connectivity index (χ3v) is 3.29. The highest BCUT2D eigenvalue weighted by atomic mass is 32.2. The number of carbonyl (C=O) groups is 1. The third kappa shape index (κ3) is 5.67. The van der Waals surface area contributed by atoms with Gasteiger partial charge in [-0.3, -0.25) is 4.79 Å². The topological polar surface area (TPSA) is 50.1 Å². The predicted molar refractivity (Wildman–Crippen MR) is 68.4 cm³/mol. The molecule has 0 aromatic heterocycles. The molecule has 0 saturated heterocycles. The van der Waals surface area contributed by atoms with Gasteiger partial charge < -0.3 is 4.74 Å². The Balaban J connectivity index is 3.40. The number of alkyl halides is 6. The molecule has 3 nitrogen and oxygen atoms in total. The standard InChI is InChI=1S/C13H9F6NO2S/c1-2-22-11(21)5-7-3-9(12(14,15)16)10(4-8(7)6-20)23-13(17,18)19/h3-4H,2,5H2,1H3. The molecule has 0 fully saturated rings. The van der Waals surface area contributed by atoms with Gasteiger partial charge in [0.15, 0.2) is 0 Å². The first-order chi connectivity index (χ1) is 10.5. The van der Waals surface area contributed by atoms with Crippen LogP contribution >= 0.6 is 11.8 Å². The van der Waals surface area contributed by atoms with Crippen LogP contribution in [0.25, 0.3) is 0 Å². The quantitative estimate of drug-likeness (QED) is 0.458. The predicted octanol–water partition coefficient (Wildman–Crippen LogP) is 4.29. The van der Waals surface area contributed by atoms with E-state index < -0.39 is 51.9 Å². The second-order valence-electron chi connectivity index (χ2n) is 4.14. The molecule has 0 spiro atoms. The minimum absolute atomic E-state index is 0.0190. The molecule has 0 aliphatic rings. The Morgan fingerprint density at radius 1 is 1.26 bits per heavy atom. The first-order valence-corrected chi connectivity index (χ1v) is 6.85. The number of hydrogen-bond donors (Lipinski definition) is 0. The highest BCUT2D eigenvalue weighted by Crippen LogP contribution is 2.44. The molecule has 0 aliphatic heterocycles. The zero-order valence-corrected chi connectivity index (χ0v) is 12.3. The molecule has 0 bridgehead atoms. The first kappa shape index (κ1) is 19.2. The van der Waals surface area contributed by atoms with E-state index in [0.717, 1.165) is 0 Å². The minimum Gasteiger partial charge on any atom is -0.466 e. The molecule has 0 unspecified atom stereocenters. The van der Waals surface area contributed by atoms with Crippen molar-refractivity contribution >= 4 is 17.7 Å². The van der Waals surface area contributed by atoms with E-state index in [-0.39, 0.29) is 12.2 Å². The Bertz CT molecular complexity index is 633. The molecule has 0 amide bonds. The minimum atomic E-state index is -5.06. The second-order valence-corrected chi connectivity index (χ2v) is 5.25. The molecule has 23 heavy (non-hydrogen) atoms. The summed E-state index contributed by atoms with van der Waals surface area (Å²) in [6.07, 6.45) is -5.71. The lowest BCUT2D eigenvalue weighted by Gasteiger charge is -2.16. The maximum Gasteiger partial charge on any atom is 0.446 e. The molecule has 0 heterocycles. The van der Waals surface area contributed by atoms with Crippen LogP contribution in [0.4, 0.5) is 26.3 Å². The zero-order chi connectivity index (χ0) is 17.8. The van der Waals surface area contributed by atoms with Gasteiger partial charge in [0.2, 0.25) is 0 Å². The Morgan fingerprint density at radius 2 is 1.87 bits per heavy atom. The molecular weight excluding hydrogens is 348 g/mol. The number of halogens is 6. The van der Waals surface area contributed by atoms with Crippen LogP contribution in [0, 0.1) is 11.3 Å². The summed E-state index contributed by atoms with van der Waals surface area (Å²) in [6.45, 7) is 1.46. The van der Waals surface area contributed by atoms with Crippen LogP contribution in [0.3, 0.4) is 0 Å². The Labute approximate surface area is 131 Å². The van der Waals surface area contributed by atoms with Crippen molar-refractivity contribution < 1.29 is 35.9 Å². The summed E-state index contributed by atoms with van der Waals surface area (Å²) >= 11 is -0.966. The molecule has 0 saturated carbocycles. The summed E-state index contributed by atoms with van der Waals surface area (Å²) in [5.41, 5.74) is -7.30. The van der Waals surface area contributed by atoms with Gasteiger partial charge in [0, 0.05) is 4.90 Å². The largest absolute Gasteiger partial charge is 0.466 e. The van der Waals surface area contributed by atoms with Crippen molar-refractivity contribution in [2.24, 2.45) is 0 Å². The van der Waals surface area contributed by atoms with Crippen LogP contribution in [-0.4, -0.2) is 18.1 Å². The van der Waals surface area contributed by atoms with E-state index in [0.29, 0.717) is 12.1 Å². The number of rotatable bonds is 4. The van der Waals surface area contributed by atoms with Crippen LogP contribution < -0.4 is 0 Å². The molecule has 0 N–H and O–H groups in total. The van der Waals surface area contributed by atoms with E-state index in [2.05, 4.69) is 4.74 Å². The molecule has 1 rings (SSSR count). The summed E-state index contributed by atoms with van der Waals surface area (Å²) in [5, 5.41) is 8.90. The molecule has 10 heteroatoms. The van der Waals surface area contributed by atoms with Crippen LogP contribution in [0.5, 0.6) is 0 Å². The van der Waals surface area contributed by atoms with Crippen molar-refractivity contribution in [1.29, 1.82) is 5.26 Å². The second kappa shape index (κ2) is 7.12. The number of nitrogens with zero attached hydrogens (tertiary/aromatic N) is 1. The van der Waals surface area contributed by atoms with Gasteiger partial charge in [-0.25, -0.2) is 0 Å². The first-order valence-electron chi connectivity index (χ1n) is 6.03. The third-order valence-electron chi connectivity index (χ3n) is 2.50. The Morgan fingerprint density at radius 3 is 2.30 bits per heavy atom. The summed E-state index contributed by atoms with van der Waals surface area (Å²) in [6, 6.07) is 2.35. The maximum absolute atomic E-state index is 12.9. The van der Waals surface area contributed by atoms with Crippen LogP contribution in [-0.2, 0) is 22.1 Å². The van der Waals surface area contributed by atoms with Crippen molar-refractivity contribution in [3.05, 3.63) is 28.8 Å². The molecular formula is C13H9F6NO2S. The molecule has 1 aromatic carbocycles. The number of nitriles is 1. The molecule has 0 atom stereocenters. The fourth-order valence-corrected chi connectivity index (χ4v) is 2.38. The normalized spacial score (nSPS) is 11.9. The van der Waals surface area contributed by atoms with Crippen LogP contribution in [0.2, 0.25) is 0 Å². The van der Waals surface area contributed by atoms with E-state index >= 15 is 0 Å². The van der Waals surface area contributed by atoms with E-state index in [9.17, 15) is 31.1 Å². The van der Waals surface area contributed by atoms with E-state index in [1.54, 1.807) is 0 Å². The summed E-state index contributed by atoms with van der Waals surface area (Å²) in [7, 11) is 0. The van der Waals surface area contributed by atoms with E-state index in [1.807, 2.05) is 0 Å². The van der Waals surface area contributed by atoms with Crippen LogP contribution in [0.1, 0.15) is 23.6 Å². The van der Waals surface area contributed by atoms with Gasteiger partial charge in [0.1, 0.15) is 0 Å². The van der Waals surface area contributed by atoms with Crippen LogP contribution in [0.15, 0.2) is 17.0 Å². The highest BCUT2D eigenvalue weighted by molar-refractivity contribution is 8.00. The van der Waals surface area contributed by atoms with Gasteiger partial charge in [-0.05, 0) is 36.4 Å². The van der Waals surface area contributed by atoms with Gasteiger partial charge in [-0.2, -0.15) is 31.6 Å². The zero-order valence-electron chi connectivity index (χ0n) is 11.5. The van der Waals surface area contributed by atoms with Crippen molar-refractivity contribution in [1.82, 2.24) is 0 Å². The SMILES string of the molecule is CCOC(=O)Cc1cc(C(F)(F)F)c(SC(F)(F)F)cc1C#N. The van der Waals surface area contributed by atoms with Crippen molar-refractivity contribution in [3.63, 3.8) is 0 Å². The highest BCUT2D eigenvalue weighted by Gasteiger charge is 2.39. The maximum atomic E-state index is 12.9. The number of esters is 1. The van der Waals surface area contributed by atoms with Crippen molar-refractivity contribution in [3.8, 4) is 6.07 Å². The van der Waals surface area contributed by atoms with E-state index in [4.69, 9.17) is 5.26 Å². The molecule has 1 aromatic rings. The van der Waals surface area contributed by atoms with E-state index in [1.165, 1.54) is 13.0 Å². The lowest BCUT2D eigenvalue weighted by molar-refractivity contribution is -0.143. The number of benzene rings is 1. The molecule has 0 radical (unpaired) electrons. The van der Waals surface area contributed by atoms with Crippen molar-refractivity contribution in [2.45, 2.75) is 29.9 Å². The summed E-state index contributed by atoms with van der Waals surface area (Å²) in [4.78, 5) is 10.2. The molecule has 126 valence electrons. The monoisotopic (exact) mass is 357 g/mol. The van der Waals surface area contributed by atoms with Gasteiger partial charge in [-0.15, -0.1) is 0 Å². The van der Waals surface area contributed by atoms with Gasteiger partial charge in [0.05, 0.1) is 30.2 Å². The average Bonchev–Trinajstić information content (AvgIpc) is 2.37. The van der Waals surface area contributed by atoms with Crippen molar-refractivity contribution in [2.75, 3.05) is 6.61 Å². The Hall–Kier alpha value is -1.89. The lowest BCUT2D eigenvalue weighted by atomic mass is 10.0. The number of carbonyl (C=O) groups excluding carboxylic acids is 1. The number of hydrogen-bond acceptors (Lipinski definition) is 4. The average molecular weight is 357 g/mol. The number of thioether (sulfide) groups is 1. The van der Waals surface area contributed by atoms with Gasteiger partial charge in [0.25, 0.3) is 0 Å². The summed E-state index contributed by atoms with van der Waals surface area (Å²) < 4.78 is 80.6. The lowest BCUT2D eigenvalue weighted by Crippen LogP contribution is -2.14. The number of ether oxygens (including phenoxy) is 1. The molecule has 0 aliphatic carbocycles. The fourth-order valence-electron chi connectivity index (χ4n) is 1.67.